The van der Waals surface area contributed by atoms with Gasteiger partial charge in [-0.25, -0.2) is 5.84 Å². The lowest BCUT2D eigenvalue weighted by Gasteiger charge is -2.26. The third kappa shape index (κ3) is 4.92. The molecule has 0 fully saturated rings. The summed E-state index contributed by atoms with van der Waals surface area (Å²) in [5.74, 6) is 7.54. The van der Waals surface area contributed by atoms with E-state index in [1.165, 1.54) is 13.2 Å². The lowest BCUT2D eigenvalue weighted by atomic mass is 10.0. The molecule has 11 heteroatoms. The van der Waals surface area contributed by atoms with Crippen molar-refractivity contribution in [1.29, 1.82) is 5.26 Å². The number of hydrazine groups is 1. The summed E-state index contributed by atoms with van der Waals surface area (Å²) < 4.78 is 38.1. The number of nitriles is 1. The minimum atomic E-state index is -3.65. The van der Waals surface area contributed by atoms with E-state index >= 15 is 8.78 Å². The number of halogens is 2. The molecule has 0 saturated carbocycles. The smallest absolute Gasteiger partial charge is 0.334 e. The number of nitrogens with zero attached hydrogens (tertiary/aromatic N) is 6. The van der Waals surface area contributed by atoms with Crippen molar-refractivity contribution in [1.82, 2.24) is 19.8 Å². The van der Waals surface area contributed by atoms with E-state index in [0.29, 0.717) is 33.6 Å². The molecule has 4 aromatic rings. The van der Waals surface area contributed by atoms with Gasteiger partial charge in [-0.3, -0.25) is 14.7 Å². The Hall–Kier alpha value is -4.56. The van der Waals surface area contributed by atoms with Gasteiger partial charge in [-0.05, 0) is 54.8 Å². The second kappa shape index (κ2) is 10.2. The van der Waals surface area contributed by atoms with E-state index < -0.39 is 17.3 Å². The molecule has 2 aromatic carbocycles. The predicted octanol–water partition coefficient (Wildman–Crippen LogP) is 3.72. The topological polar surface area (TPSA) is 131 Å². The van der Waals surface area contributed by atoms with Gasteiger partial charge < -0.3 is 10.6 Å². The maximum absolute atomic E-state index is 15.7. The van der Waals surface area contributed by atoms with Gasteiger partial charge in [-0.15, -0.1) is 0 Å². The zero-order valence-electron chi connectivity index (χ0n) is 20.6. The first-order chi connectivity index (χ1) is 17.7. The van der Waals surface area contributed by atoms with Crippen molar-refractivity contribution < 1.29 is 13.5 Å². The second-order valence-corrected chi connectivity index (χ2v) is 8.55. The first-order valence-corrected chi connectivity index (χ1v) is 11.3. The third-order valence-corrected chi connectivity index (χ3v) is 6.15. The zero-order valence-corrected chi connectivity index (χ0v) is 20.6. The summed E-state index contributed by atoms with van der Waals surface area (Å²) in [6.45, 7) is 3.78. The van der Waals surface area contributed by atoms with Crippen molar-refractivity contribution in [2.45, 2.75) is 32.9 Å². The molecule has 0 aliphatic carbocycles. The summed E-state index contributed by atoms with van der Waals surface area (Å²) in [7, 11) is 1.53. The number of rotatable bonds is 7. The van der Waals surface area contributed by atoms with Crippen LogP contribution >= 0.6 is 0 Å². The Kier molecular flexibility index (Phi) is 7.04. The van der Waals surface area contributed by atoms with E-state index in [4.69, 9.17) is 16.4 Å². The van der Waals surface area contributed by atoms with Gasteiger partial charge in [-0.1, -0.05) is 24.3 Å². The molecule has 2 heterocycles. The number of methoxy groups -OCH3 is 1. The highest BCUT2D eigenvalue weighted by Gasteiger charge is 2.42. The van der Waals surface area contributed by atoms with Gasteiger partial charge in [-0.2, -0.15) is 24.2 Å². The number of ether oxygens (including phenoxy) is 1. The van der Waals surface area contributed by atoms with E-state index in [-0.39, 0.29) is 13.1 Å². The molecular weight excluding hydrogens is 478 g/mol. The number of alkyl halides is 2. The molecule has 0 saturated heterocycles. The van der Waals surface area contributed by atoms with Gasteiger partial charge in [0, 0.05) is 11.8 Å². The van der Waals surface area contributed by atoms with E-state index in [0.717, 1.165) is 22.3 Å². The van der Waals surface area contributed by atoms with Crippen LogP contribution in [-0.2, 0) is 19.0 Å². The predicted molar refractivity (Wildman–Crippen MR) is 136 cm³/mol. The van der Waals surface area contributed by atoms with Gasteiger partial charge in [0.25, 0.3) is 0 Å². The van der Waals surface area contributed by atoms with Crippen LogP contribution in [0.5, 0.6) is 5.75 Å². The quantitative estimate of drug-likeness (QED) is 0.170. The number of nitrogens with two attached hydrogens (primary N) is 2. The highest BCUT2D eigenvalue weighted by atomic mass is 19.3. The molecule has 4 rings (SSSR count). The summed E-state index contributed by atoms with van der Waals surface area (Å²) in [6.07, 6.45) is 1.07. The minimum absolute atomic E-state index is 0.0629. The fourth-order valence-corrected chi connectivity index (χ4v) is 4.14. The van der Waals surface area contributed by atoms with Crippen LogP contribution in [0.1, 0.15) is 33.5 Å². The fraction of sp³-hybridized carbons (Fsp3) is 0.231. The monoisotopic (exact) mass is 504 g/mol. The van der Waals surface area contributed by atoms with Crippen molar-refractivity contribution in [2.24, 2.45) is 16.8 Å². The molecule has 9 nitrogen and oxygen atoms in total. The maximum atomic E-state index is 15.7. The van der Waals surface area contributed by atoms with Gasteiger partial charge in [0.2, 0.25) is 5.84 Å². The van der Waals surface area contributed by atoms with Crippen molar-refractivity contribution in [3.8, 4) is 11.8 Å². The Bertz CT molecular complexity index is 1510. The number of benzene rings is 2. The highest BCUT2D eigenvalue weighted by Crippen LogP contribution is 2.33. The van der Waals surface area contributed by atoms with Gasteiger partial charge >= 0.3 is 5.92 Å². The summed E-state index contributed by atoms with van der Waals surface area (Å²) in [5, 5.41) is 18.2. The number of hydrogen-bond acceptors (Lipinski definition) is 7. The molecular formula is C26H26F2N8O. The number of aromatic nitrogens is 3. The van der Waals surface area contributed by atoms with Crippen LogP contribution < -0.4 is 16.4 Å². The lowest BCUT2D eigenvalue weighted by molar-refractivity contribution is 0.0581. The van der Waals surface area contributed by atoms with Gasteiger partial charge in [0.15, 0.2) is 0 Å². The van der Waals surface area contributed by atoms with Gasteiger partial charge in [0.05, 0.1) is 43.0 Å². The number of pyridine rings is 1. The average Bonchev–Trinajstić information content (AvgIpc) is 3.20. The Morgan fingerprint density at radius 3 is 2.59 bits per heavy atom. The summed E-state index contributed by atoms with van der Waals surface area (Å²) in [5.41, 5.74) is 3.79. The molecule has 190 valence electrons. The molecule has 0 aliphatic rings. The fourth-order valence-electron chi connectivity index (χ4n) is 4.14. The number of hydrazone groups is 1. The molecule has 37 heavy (non-hydrogen) atoms. The molecule has 0 unspecified atom stereocenters. The minimum Gasteiger partial charge on any atom is -0.497 e. The van der Waals surface area contributed by atoms with Crippen LogP contribution in [0.4, 0.5) is 8.78 Å². The molecule has 0 aliphatic heterocycles. The summed E-state index contributed by atoms with van der Waals surface area (Å²) >= 11 is 0. The van der Waals surface area contributed by atoms with E-state index in [1.807, 2.05) is 13.0 Å². The second-order valence-electron chi connectivity index (χ2n) is 8.55. The molecule has 0 bridgehead atoms. The van der Waals surface area contributed by atoms with Crippen molar-refractivity contribution in [3.05, 3.63) is 88.2 Å². The first kappa shape index (κ1) is 25.5. The number of hydrogen-bond donors (Lipinski definition) is 2. The molecule has 0 radical (unpaired) electrons. The molecule has 0 spiro atoms. The van der Waals surface area contributed by atoms with Crippen LogP contribution in [0.2, 0.25) is 0 Å². The maximum Gasteiger partial charge on any atom is 0.334 e. The normalized spacial score (nSPS) is 12.0. The zero-order chi connectivity index (χ0) is 26.7. The Labute approximate surface area is 212 Å². The van der Waals surface area contributed by atoms with Crippen LogP contribution in [-0.4, -0.2) is 32.7 Å². The van der Waals surface area contributed by atoms with Crippen LogP contribution in [0.15, 0.2) is 59.8 Å². The van der Waals surface area contributed by atoms with E-state index in [9.17, 15) is 5.26 Å². The molecule has 0 amide bonds. The first-order valence-electron chi connectivity index (χ1n) is 11.3. The Balaban J connectivity index is 1.69. The molecule has 4 N–H and O–H groups in total. The SMILES string of the molecule is COc1ccc(CN(N)/C(=N\N)C(F)(F)c2cnc3c(C)nn(Cc4c(C)cccc4C#N)c3c2)cc1. The standard InChI is InChI=1S/C26H26F2N8O/c1-16-5-4-6-19(12-29)22(16)15-36-23-11-20(13-32-24(23)17(2)34-36)26(27,28)25(33-30)35(31)14-18-7-9-21(37-3)10-8-18/h4-11,13H,14-15,30-31H2,1-3H3/b33-25-. The highest BCUT2D eigenvalue weighted by molar-refractivity contribution is 5.90. The largest absolute Gasteiger partial charge is 0.497 e. The van der Waals surface area contributed by atoms with Crippen LogP contribution in [0.25, 0.3) is 11.0 Å². The number of aryl methyl sites for hydroxylation is 2. The molecule has 2 aromatic heterocycles. The third-order valence-electron chi connectivity index (χ3n) is 6.15. The Morgan fingerprint density at radius 2 is 1.95 bits per heavy atom. The summed E-state index contributed by atoms with van der Waals surface area (Å²) in [6, 6.07) is 15.7. The van der Waals surface area contributed by atoms with Gasteiger partial charge in [0.1, 0.15) is 11.3 Å². The number of amidine groups is 1. The molecule has 0 atom stereocenters. The van der Waals surface area contributed by atoms with E-state index in [1.54, 1.807) is 48.0 Å². The average molecular weight is 505 g/mol. The van der Waals surface area contributed by atoms with Crippen molar-refractivity contribution >= 4 is 16.9 Å². The number of fused-ring (bicyclic) bond motifs is 1. The van der Waals surface area contributed by atoms with Crippen LogP contribution in [0, 0.1) is 25.2 Å². The Morgan fingerprint density at radius 1 is 1.22 bits per heavy atom. The van der Waals surface area contributed by atoms with Crippen LogP contribution in [0.3, 0.4) is 0 Å². The van der Waals surface area contributed by atoms with Crippen molar-refractivity contribution in [2.75, 3.05) is 7.11 Å². The van der Waals surface area contributed by atoms with Crippen molar-refractivity contribution in [3.63, 3.8) is 0 Å². The lowest BCUT2D eigenvalue weighted by Crippen LogP contribution is -2.46. The summed E-state index contributed by atoms with van der Waals surface area (Å²) in [4.78, 5) is 4.26. The van der Waals surface area contributed by atoms with E-state index in [2.05, 4.69) is 21.3 Å².